The summed E-state index contributed by atoms with van der Waals surface area (Å²) in [7, 11) is 0. The minimum Gasteiger partial charge on any atom is -0.375 e. The Labute approximate surface area is 115 Å². The molecule has 0 aromatic rings. The summed E-state index contributed by atoms with van der Waals surface area (Å²) < 4.78 is 5.46. The van der Waals surface area contributed by atoms with Crippen LogP contribution in [0.3, 0.4) is 0 Å². The minimum atomic E-state index is 0. The third kappa shape index (κ3) is 3.76. The van der Waals surface area contributed by atoms with E-state index in [1.165, 1.54) is 6.42 Å². The number of ether oxygens (including phenoxy) is 1. The van der Waals surface area contributed by atoms with E-state index in [2.05, 4.69) is 23.7 Å². The van der Waals surface area contributed by atoms with Crippen LogP contribution >= 0.6 is 24.0 Å². The number of hydrogen-bond donors (Lipinski definition) is 1. The van der Waals surface area contributed by atoms with Gasteiger partial charge in [0.2, 0.25) is 0 Å². The predicted octanol–water partition coefficient (Wildman–Crippen LogP) is 1.30. The summed E-state index contributed by atoms with van der Waals surface area (Å²) in [5.74, 6) is 2.33. The lowest BCUT2D eigenvalue weighted by atomic mass is 10.3. The zero-order valence-electron chi connectivity index (χ0n) is 10.1. The van der Waals surface area contributed by atoms with Crippen LogP contribution in [0.25, 0.3) is 0 Å². The molecule has 2 rings (SSSR count). The van der Waals surface area contributed by atoms with E-state index in [4.69, 9.17) is 10.5 Å². The molecule has 0 radical (unpaired) electrons. The highest BCUT2D eigenvalue weighted by Gasteiger charge is 2.32. The van der Waals surface area contributed by atoms with Gasteiger partial charge in [0.1, 0.15) is 0 Å². The molecule has 0 amide bonds. The fraction of sp³-hybridized carbons (Fsp3) is 0.909. The summed E-state index contributed by atoms with van der Waals surface area (Å²) in [6.45, 7) is 7.75. The Balaban J connectivity index is 0.00000128. The number of nitrogens with two attached hydrogens (primary N) is 1. The van der Waals surface area contributed by atoms with Gasteiger partial charge in [0.15, 0.2) is 5.96 Å². The third-order valence-corrected chi connectivity index (χ3v) is 3.33. The molecule has 1 saturated carbocycles. The quantitative estimate of drug-likeness (QED) is 0.469. The number of hydrogen-bond acceptors (Lipinski definition) is 2. The lowest BCUT2D eigenvalue weighted by molar-refractivity contribution is 0.00529. The number of nitrogens with zero attached hydrogens (tertiary/aromatic N) is 2. The summed E-state index contributed by atoms with van der Waals surface area (Å²) >= 11 is 0. The average Bonchev–Trinajstić information content (AvgIpc) is 2.91. The molecule has 0 aromatic heterocycles. The summed E-state index contributed by atoms with van der Waals surface area (Å²) in [4.78, 5) is 6.59. The first-order valence-electron chi connectivity index (χ1n) is 5.83. The monoisotopic (exact) mass is 339 g/mol. The second kappa shape index (κ2) is 6.05. The van der Waals surface area contributed by atoms with Crippen molar-refractivity contribution in [2.75, 3.05) is 26.2 Å². The van der Waals surface area contributed by atoms with Gasteiger partial charge in [-0.3, -0.25) is 4.99 Å². The van der Waals surface area contributed by atoms with Crippen molar-refractivity contribution in [1.29, 1.82) is 0 Å². The van der Waals surface area contributed by atoms with Gasteiger partial charge in [0.25, 0.3) is 0 Å². The second-order valence-electron chi connectivity index (χ2n) is 4.80. The Morgan fingerprint density at radius 3 is 2.75 bits per heavy atom. The van der Waals surface area contributed by atoms with E-state index >= 15 is 0 Å². The van der Waals surface area contributed by atoms with Gasteiger partial charge in [-0.25, -0.2) is 0 Å². The molecule has 3 atom stereocenters. The maximum atomic E-state index is 5.95. The maximum absolute atomic E-state index is 5.95. The van der Waals surface area contributed by atoms with Gasteiger partial charge in [0.05, 0.1) is 12.7 Å². The number of rotatable bonds is 2. The zero-order chi connectivity index (χ0) is 10.8. The molecule has 5 heteroatoms. The van der Waals surface area contributed by atoms with E-state index in [-0.39, 0.29) is 30.1 Å². The van der Waals surface area contributed by atoms with E-state index < -0.39 is 0 Å². The van der Waals surface area contributed by atoms with Gasteiger partial charge >= 0.3 is 0 Å². The maximum Gasteiger partial charge on any atom is 0.191 e. The van der Waals surface area contributed by atoms with Crippen LogP contribution in [0.5, 0.6) is 0 Å². The van der Waals surface area contributed by atoms with E-state index in [0.29, 0.717) is 5.96 Å². The van der Waals surface area contributed by atoms with Crippen molar-refractivity contribution in [3.63, 3.8) is 0 Å². The first-order valence-corrected chi connectivity index (χ1v) is 5.83. The van der Waals surface area contributed by atoms with Crippen LogP contribution in [-0.4, -0.2) is 43.2 Å². The predicted molar refractivity (Wildman–Crippen MR) is 76.2 cm³/mol. The zero-order valence-corrected chi connectivity index (χ0v) is 12.4. The second-order valence-corrected chi connectivity index (χ2v) is 4.80. The number of guanidine groups is 1. The van der Waals surface area contributed by atoms with Crippen molar-refractivity contribution >= 4 is 29.9 Å². The Kier molecular flexibility index (Phi) is 5.30. The van der Waals surface area contributed by atoms with Crippen molar-refractivity contribution in [2.45, 2.75) is 26.4 Å². The molecule has 2 fully saturated rings. The molecule has 2 N–H and O–H groups in total. The molecule has 0 bridgehead atoms. The van der Waals surface area contributed by atoms with Gasteiger partial charge in [-0.15, -0.1) is 24.0 Å². The van der Waals surface area contributed by atoms with Crippen LogP contribution in [0.15, 0.2) is 4.99 Å². The van der Waals surface area contributed by atoms with Gasteiger partial charge in [-0.05, 0) is 25.2 Å². The molecule has 0 spiro atoms. The largest absolute Gasteiger partial charge is 0.375 e. The molecule has 94 valence electrons. The van der Waals surface area contributed by atoms with Crippen LogP contribution < -0.4 is 5.73 Å². The van der Waals surface area contributed by atoms with Crippen molar-refractivity contribution < 1.29 is 4.74 Å². The molecule has 0 aromatic carbocycles. The van der Waals surface area contributed by atoms with Crippen LogP contribution in [0, 0.1) is 11.8 Å². The first-order chi connectivity index (χ1) is 7.16. The van der Waals surface area contributed by atoms with Crippen molar-refractivity contribution in [1.82, 2.24) is 4.90 Å². The van der Waals surface area contributed by atoms with Crippen LogP contribution in [0.4, 0.5) is 0 Å². The van der Waals surface area contributed by atoms with Gasteiger partial charge in [-0.1, -0.05) is 6.92 Å². The molecule has 1 heterocycles. The van der Waals surface area contributed by atoms with Crippen molar-refractivity contribution in [3.8, 4) is 0 Å². The minimum absolute atomic E-state index is 0. The summed E-state index contributed by atoms with van der Waals surface area (Å²) in [6.07, 6.45) is 1.59. The summed E-state index contributed by atoms with van der Waals surface area (Å²) in [5, 5.41) is 0. The molecule has 1 saturated heterocycles. The highest BCUT2D eigenvalue weighted by molar-refractivity contribution is 14.0. The lowest BCUT2D eigenvalue weighted by Crippen LogP contribution is -2.48. The molecular weight excluding hydrogens is 317 g/mol. The fourth-order valence-electron chi connectivity index (χ4n) is 1.99. The SMILES string of the molecule is CC1CN(C(N)=NCC2CC2C)CCO1.I. The molecule has 1 aliphatic heterocycles. The standard InChI is InChI=1S/C11H21N3O.HI/c1-8-5-10(8)6-13-11(12)14-3-4-15-9(2)7-14;/h8-10H,3-7H2,1-2H3,(H2,12,13);1H. The molecule has 4 nitrogen and oxygen atoms in total. The Morgan fingerprint density at radius 2 is 2.19 bits per heavy atom. The van der Waals surface area contributed by atoms with E-state index in [1.807, 2.05) is 0 Å². The van der Waals surface area contributed by atoms with Crippen LogP contribution in [-0.2, 0) is 4.74 Å². The van der Waals surface area contributed by atoms with E-state index in [1.54, 1.807) is 0 Å². The van der Waals surface area contributed by atoms with Gasteiger partial charge in [-0.2, -0.15) is 0 Å². The number of halogens is 1. The average molecular weight is 339 g/mol. The topological polar surface area (TPSA) is 50.8 Å². The summed E-state index contributed by atoms with van der Waals surface area (Å²) in [5.41, 5.74) is 5.95. The van der Waals surface area contributed by atoms with Gasteiger partial charge in [0, 0.05) is 19.6 Å². The Hall–Kier alpha value is -0.0400. The highest BCUT2D eigenvalue weighted by atomic mass is 127. The van der Waals surface area contributed by atoms with Crippen LogP contribution in [0.1, 0.15) is 20.3 Å². The van der Waals surface area contributed by atoms with E-state index in [0.717, 1.165) is 38.1 Å². The van der Waals surface area contributed by atoms with Crippen molar-refractivity contribution in [2.24, 2.45) is 22.6 Å². The Morgan fingerprint density at radius 1 is 1.50 bits per heavy atom. The lowest BCUT2D eigenvalue weighted by Gasteiger charge is -2.31. The molecule has 16 heavy (non-hydrogen) atoms. The number of aliphatic imine (C=N–C) groups is 1. The first kappa shape index (κ1) is 14.0. The molecule has 3 unspecified atom stereocenters. The van der Waals surface area contributed by atoms with Gasteiger partial charge < -0.3 is 15.4 Å². The molecule has 2 aliphatic rings. The highest BCUT2D eigenvalue weighted by Crippen LogP contribution is 2.37. The summed E-state index contributed by atoms with van der Waals surface area (Å²) in [6, 6.07) is 0. The van der Waals surface area contributed by atoms with Crippen molar-refractivity contribution in [3.05, 3.63) is 0 Å². The normalized spacial score (nSPS) is 34.5. The van der Waals surface area contributed by atoms with Crippen LogP contribution in [0.2, 0.25) is 0 Å². The third-order valence-electron chi connectivity index (χ3n) is 3.33. The number of morpholine rings is 1. The molecule has 1 aliphatic carbocycles. The smallest absolute Gasteiger partial charge is 0.191 e. The fourth-order valence-corrected chi connectivity index (χ4v) is 1.99. The van der Waals surface area contributed by atoms with E-state index in [9.17, 15) is 0 Å². The Bertz CT molecular complexity index is 260. The molecular formula is C11H22IN3O.